The number of carbonyl (C=O) groups excluding carboxylic acids is 1. The van der Waals surface area contributed by atoms with E-state index >= 15 is 0 Å². The molecule has 2 N–H and O–H groups in total. The molecular weight excluding hydrogens is 419 g/mol. The number of pyridine rings is 1. The minimum atomic E-state index is -2.11. The van der Waals surface area contributed by atoms with E-state index in [1.807, 2.05) is 0 Å². The van der Waals surface area contributed by atoms with Crippen LogP contribution in [0.1, 0.15) is 27.9 Å². The average molecular weight is 437 g/mol. The molecule has 152 valence electrons. The number of aromatic nitrogens is 1. The van der Waals surface area contributed by atoms with Crippen LogP contribution in [0.3, 0.4) is 0 Å². The van der Waals surface area contributed by atoms with Gasteiger partial charge in [0.2, 0.25) is 11.3 Å². The van der Waals surface area contributed by atoms with Gasteiger partial charge in [0.25, 0.3) is 0 Å². The second-order valence-electron chi connectivity index (χ2n) is 6.29. The van der Waals surface area contributed by atoms with E-state index in [1.54, 1.807) is 30.5 Å². The molecule has 0 fully saturated rings. The zero-order valence-corrected chi connectivity index (χ0v) is 17.0. The number of ketones is 1. The smallest absolute Gasteiger partial charge is 0.231 e. The van der Waals surface area contributed by atoms with Crippen molar-refractivity contribution in [3.63, 3.8) is 0 Å². The Bertz CT molecular complexity index is 1090. The Hall–Kier alpha value is -2.39. The lowest BCUT2D eigenvalue weighted by atomic mass is 9.98. The first-order valence-electron chi connectivity index (χ1n) is 8.70. The first-order chi connectivity index (χ1) is 13.9. The Labute approximate surface area is 174 Å². The Morgan fingerprint density at radius 1 is 1.31 bits per heavy atom. The third-order valence-corrected chi connectivity index (χ3v) is 5.26. The Morgan fingerprint density at radius 3 is 2.83 bits per heavy atom. The Kier molecular flexibility index (Phi) is 6.92. The van der Waals surface area contributed by atoms with E-state index in [-0.39, 0.29) is 17.1 Å². The molecule has 0 saturated carbocycles. The molecule has 29 heavy (non-hydrogen) atoms. The maximum atomic E-state index is 14.1. The fourth-order valence-corrected chi connectivity index (χ4v) is 3.56. The van der Waals surface area contributed by atoms with Gasteiger partial charge >= 0.3 is 0 Å². The summed E-state index contributed by atoms with van der Waals surface area (Å²) in [6, 6.07) is 9.13. The van der Waals surface area contributed by atoms with Crippen molar-refractivity contribution in [1.29, 1.82) is 0 Å². The highest BCUT2D eigenvalue weighted by Crippen LogP contribution is 2.28. The molecule has 2 aromatic carbocycles. The first kappa shape index (κ1) is 21.3. The van der Waals surface area contributed by atoms with Gasteiger partial charge in [0.05, 0.1) is 23.8 Å². The molecule has 0 aliphatic heterocycles. The van der Waals surface area contributed by atoms with E-state index in [1.165, 1.54) is 13.2 Å². The molecule has 1 heterocycles. The van der Waals surface area contributed by atoms with Crippen molar-refractivity contribution in [3.05, 3.63) is 70.1 Å². The predicted molar refractivity (Wildman–Crippen MR) is 110 cm³/mol. The second kappa shape index (κ2) is 9.41. The molecule has 0 aliphatic rings. The fraction of sp³-hybridized carbons (Fsp3) is 0.200. The molecule has 1 aromatic heterocycles. The van der Waals surface area contributed by atoms with E-state index in [0.717, 1.165) is 6.07 Å². The van der Waals surface area contributed by atoms with Gasteiger partial charge in [0, 0.05) is 23.1 Å². The second-order valence-corrected chi connectivity index (χ2v) is 7.45. The van der Waals surface area contributed by atoms with Crippen molar-refractivity contribution in [2.75, 3.05) is 13.7 Å². The molecule has 0 saturated heterocycles. The summed E-state index contributed by atoms with van der Waals surface area (Å²) in [7, 11) is 1.53. The maximum Gasteiger partial charge on any atom is 0.231 e. The van der Waals surface area contributed by atoms with E-state index in [0.29, 0.717) is 40.6 Å². The minimum Gasteiger partial charge on any atom is -0.495 e. The number of hydrogen-bond acceptors (Lipinski definition) is 4. The lowest BCUT2D eigenvalue weighted by Gasteiger charge is -2.11. The van der Waals surface area contributed by atoms with Gasteiger partial charge in [-0.05, 0) is 54.8 Å². The maximum absolute atomic E-state index is 14.1. The van der Waals surface area contributed by atoms with Crippen molar-refractivity contribution in [1.82, 2.24) is 9.71 Å². The summed E-state index contributed by atoms with van der Waals surface area (Å²) >= 11 is 4.27. The van der Waals surface area contributed by atoms with Gasteiger partial charge in [-0.1, -0.05) is 11.6 Å². The number of fused-ring (bicyclic) bond motifs is 1. The van der Waals surface area contributed by atoms with Crippen molar-refractivity contribution < 1.29 is 22.7 Å². The topological polar surface area (TPSA) is 88.5 Å². The molecule has 1 atom stereocenters. The number of rotatable bonds is 8. The van der Waals surface area contributed by atoms with Gasteiger partial charge in [-0.15, -0.1) is 0 Å². The van der Waals surface area contributed by atoms with Crippen LogP contribution in [-0.2, 0) is 17.7 Å². The number of benzene rings is 2. The molecule has 0 amide bonds. The highest BCUT2D eigenvalue weighted by Gasteiger charge is 2.18. The highest BCUT2D eigenvalue weighted by molar-refractivity contribution is 7.77. The van der Waals surface area contributed by atoms with E-state index in [2.05, 4.69) is 9.71 Å². The van der Waals surface area contributed by atoms with Gasteiger partial charge in [-0.3, -0.25) is 14.3 Å². The normalized spacial score (nSPS) is 12.1. The third-order valence-electron chi connectivity index (χ3n) is 4.36. The summed E-state index contributed by atoms with van der Waals surface area (Å²) in [4.78, 5) is 17.3. The SMILES string of the molecule is COc1cnc2ccc(C(=O)c3cc(F)cc(CCCNS(=O)O)c3Cl)cc2c1. The van der Waals surface area contributed by atoms with Gasteiger partial charge in [0.1, 0.15) is 11.6 Å². The van der Waals surface area contributed by atoms with Crippen molar-refractivity contribution >= 4 is 39.6 Å². The number of carbonyl (C=O) groups is 1. The van der Waals surface area contributed by atoms with Gasteiger partial charge in [-0.2, -0.15) is 0 Å². The number of hydrogen-bond donors (Lipinski definition) is 2. The monoisotopic (exact) mass is 436 g/mol. The number of ether oxygens (including phenoxy) is 1. The van der Waals surface area contributed by atoms with Crippen LogP contribution in [0, 0.1) is 5.82 Å². The molecule has 1 unspecified atom stereocenters. The van der Waals surface area contributed by atoms with Crippen LogP contribution in [0.2, 0.25) is 5.02 Å². The number of halogens is 2. The molecule has 6 nitrogen and oxygen atoms in total. The predicted octanol–water partition coefficient (Wildman–Crippen LogP) is 3.93. The summed E-state index contributed by atoms with van der Waals surface area (Å²) in [5, 5.41) is 0.886. The summed E-state index contributed by atoms with van der Waals surface area (Å²) in [6.07, 6.45) is 2.38. The standard InChI is InChI=1S/C20H18ClFN2O4S/c1-28-16-9-14-7-13(4-5-18(14)23-11-16)20(25)17-10-15(22)8-12(19(17)21)3-2-6-24-29(26)27/h4-5,7-11,24H,2-3,6H2,1H3,(H,26,27). The van der Waals surface area contributed by atoms with Crippen LogP contribution in [0.4, 0.5) is 4.39 Å². The molecule has 0 aliphatic carbocycles. The van der Waals surface area contributed by atoms with Gasteiger partial charge in [-0.25, -0.2) is 13.3 Å². The average Bonchev–Trinajstić information content (AvgIpc) is 2.71. The summed E-state index contributed by atoms with van der Waals surface area (Å²) in [5.41, 5.74) is 1.57. The molecule has 0 radical (unpaired) electrons. The first-order valence-corrected chi connectivity index (χ1v) is 10.2. The zero-order chi connectivity index (χ0) is 21.0. The number of nitrogens with one attached hydrogen (secondary N) is 1. The minimum absolute atomic E-state index is 0.0653. The van der Waals surface area contributed by atoms with Gasteiger partial charge in [0.15, 0.2) is 5.78 Å². The van der Waals surface area contributed by atoms with E-state index in [4.69, 9.17) is 20.9 Å². The van der Waals surface area contributed by atoms with E-state index in [9.17, 15) is 13.4 Å². The van der Waals surface area contributed by atoms with Crippen LogP contribution in [0.5, 0.6) is 5.75 Å². The largest absolute Gasteiger partial charge is 0.495 e. The molecule has 0 bridgehead atoms. The highest BCUT2D eigenvalue weighted by atomic mass is 35.5. The summed E-state index contributed by atoms with van der Waals surface area (Å²) in [5.74, 6) is -0.420. The van der Waals surface area contributed by atoms with Crippen LogP contribution < -0.4 is 9.46 Å². The van der Waals surface area contributed by atoms with Crippen molar-refractivity contribution in [2.45, 2.75) is 12.8 Å². The molecule has 9 heteroatoms. The van der Waals surface area contributed by atoms with E-state index < -0.39 is 22.9 Å². The zero-order valence-electron chi connectivity index (χ0n) is 15.4. The van der Waals surface area contributed by atoms with Crippen LogP contribution in [0.25, 0.3) is 10.9 Å². The lowest BCUT2D eigenvalue weighted by molar-refractivity contribution is 0.103. The van der Waals surface area contributed by atoms with Crippen LogP contribution in [0.15, 0.2) is 42.6 Å². The lowest BCUT2D eigenvalue weighted by Crippen LogP contribution is -2.18. The third kappa shape index (κ3) is 5.16. The number of methoxy groups -OCH3 is 1. The van der Waals surface area contributed by atoms with Crippen molar-refractivity contribution in [2.24, 2.45) is 0 Å². The van der Waals surface area contributed by atoms with Gasteiger partial charge < -0.3 is 4.74 Å². The molecular formula is C20H18ClFN2O4S. The molecule has 3 aromatic rings. The molecule has 0 spiro atoms. The number of aryl methyl sites for hydroxylation is 1. The quantitative estimate of drug-likeness (QED) is 0.317. The van der Waals surface area contributed by atoms with Crippen molar-refractivity contribution in [3.8, 4) is 5.75 Å². The number of nitrogens with zero attached hydrogens (tertiary/aromatic N) is 1. The summed E-state index contributed by atoms with van der Waals surface area (Å²) in [6.45, 7) is 0.249. The Morgan fingerprint density at radius 2 is 2.10 bits per heavy atom. The fourth-order valence-electron chi connectivity index (χ4n) is 2.95. The Balaban J connectivity index is 1.90. The van der Waals surface area contributed by atoms with Crippen LogP contribution >= 0.6 is 11.6 Å². The van der Waals surface area contributed by atoms with Crippen LogP contribution in [-0.4, -0.2) is 33.2 Å². The molecule has 3 rings (SSSR count). The summed E-state index contributed by atoms with van der Waals surface area (Å²) < 4.78 is 41.0.